The third-order valence-electron chi connectivity index (χ3n) is 4.47. The summed E-state index contributed by atoms with van der Waals surface area (Å²) < 4.78 is 39.6. The van der Waals surface area contributed by atoms with E-state index < -0.39 is 21.6 Å². The Morgan fingerprint density at radius 1 is 1.28 bits per heavy atom. The SMILES string of the molecule is Cc1ccc(NS(=O)(=O)c2ccc3c(c2)CCO3)c(=O)n1CC(=O)OCC(C)C. The first-order chi connectivity index (χ1) is 13.7. The zero-order chi connectivity index (χ0) is 21.2. The number of hydrogen-bond donors (Lipinski definition) is 1. The number of rotatable bonds is 7. The minimum absolute atomic E-state index is 0.0459. The third-order valence-corrected chi connectivity index (χ3v) is 5.84. The number of pyridine rings is 1. The highest BCUT2D eigenvalue weighted by molar-refractivity contribution is 7.92. The lowest BCUT2D eigenvalue weighted by atomic mass is 10.2. The Balaban J connectivity index is 1.84. The number of anilines is 1. The number of nitrogens with one attached hydrogen (secondary N) is 1. The monoisotopic (exact) mass is 420 g/mol. The Kier molecular flexibility index (Phi) is 5.97. The molecule has 3 rings (SSSR count). The number of sulfonamides is 1. The minimum atomic E-state index is -3.97. The fourth-order valence-electron chi connectivity index (χ4n) is 2.91. The molecule has 2 heterocycles. The molecule has 0 saturated heterocycles. The molecule has 0 aliphatic carbocycles. The van der Waals surface area contributed by atoms with Crippen molar-refractivity contribution in [2.45, 2.75) is 38.6 Å². The first-order valence-electron chi connectivity index (χ1n) is 9.32. The highest BCUT2D eigenvalue weighted by Crippen LogP contribution is 2.28. The molecule has 29 heavy (non-hydrogen) atoms. The van der Waals surface area contributed by atoms with E-state index >= 15 is 0 Å². The van der Waals surface area contributed by atoms with Crippen LogP contribution in [-0.2, 0) is 32.5 Å². The molecule has 1 N–H and O–H groups in total. The average molecular weight is 420 g/mol. The molecule has 0 amide bonds. The number of carbonyl (C=O) groups is 1. The molecule has 8 nitrogen and oxygen atoms in total. The molecule has 0 fully saturated rings. The zero-order valence-electron chi connectivity index (χ0n) is 16.6. The highest BCUT2D eigenvalue weighted by Gasteiger charge is 2.21. The Morgan fingerprint density at radius 2 is 2.03 bits per heavy atom. The van der Waals surface area contributed by atoms with E-state index in [0.717, 1.165) is 5.56 Å². The Hall–Kier alpha value is -2.81. The van der Waals surface area contributed by atoms with Crippen LogP contribution in [0.15, 0.2) is 40.0 Å². The Morgan fingerprint density at radius 3 is 2.76 bits per heavy atom. The molecule has 0 bridgehead atoms. The van der Waals surface area contributed by atoms with Crippen molar-refractivity contribution in [2.24, 2.45) is 5.92 Å². The third kappa shape index (κ3) is 4.79. The maximum atomic E-state index is 12.8. The summed E-state index contributed by atoms with van der Waals surface area (Å²) in [5.41, 5.74) is 0.583. The lowest BCUT2D eigenvalue weighted by Crippen LogP contribution is -2.30. The van der Waals surface area contributed by atoms with Crippen molar-refractivity contribution < 1.29 is 22.7 Å². The van der Waals surface area contributed by atoms with Crippen molar-refractivity contribution in [1.29, 1.82) is 0 Å². The number of benzene rings is 1. The normalized spacial score (nSPS) is 13.1. The molecule has 1 aliphatic heterocycles. The number of fused-ring (bicyclic) bond motifs is 1. The molecule has 0 spiro atoms. The summed E-state index contributed by atoms with van der Waals surface area (Å²) in [6.07, 6.45) is 0.633. The van der Waals surface area contributed by atoms with Gasteiger partial charge >= 0.3 is 5.97 Å². The summed E-state index contributed by atoms with van der Waals surface area (Å²) in [6, 6.07) is 7.55. The molecular formula is C20H24N2O6S. The van der Waals surface area contributed by atoms with Crippen molar-refractivity contribution in [3.8, 4) is 5.75 Å². The summed E-state index contributed by atoms with van der Waals surface area (Å²) in [6.45, 7) is 5.96. The van der Waals surface area contributed by atoms with Gasteiger partial charge in [-0.1, -0.05) is 13.8 Å². The van der Waals surface area contributed by atoms with E-state index in [9.17, 15) is 18.0 Å². The highest BCUT2D eigenvalue weighted by atomic mass is 32.2. The van der Waals surface area contributed by atoms with Gasteiger partial charge in [0.25, 0.3) is 15.6 Å². The van der Waals surface area contributed by atoms with Gasteiger partial charge in [0.1, 0.15) is 18.0 Å². The number of ether oxygens (including phenoxy) is 2. The van der Waals surface area contributed by atoms with Gasteiger partial charge in [0.2, 0.25) is 0 Å². The summed E-state index contributed by atoms with van der Waals surface area (Å²) in [7, 11) is -3.97. The van der Waals surface area contributed by atoms with E-state index in [4.69, 9.17) is 9.47 Å². The number of carbonyl (C=O) groups excluding carboxylic acids is 1. The van der Waals surface area contributed by atoms with E-state index in [1.54, 1.807) is 25.1 Å². The van der Waals surface area contributed by atoms with Crippen LogP contribution >= 0.6 is 0 Å². The minimum Gasteiger partial charge on any atom is -0.493 e. The predicted octanol–water partition coefficient (Wildman–Crippen LogP) is 2.09. The number of hydrogen-bond acceptors (Lipinski definition) is 6. The van der Waals surface area contributed by atoms with Gasteiger partial charge in [-0.25, -0.2) is 8.42 Å². The van der Waals surface area contributed by atoms with Crippen molar-refractivity contribution >= 4 is 21.7 Å². The second-order valence-electron chi connectivity index (χ2n) is 7.33. The van der Waals surface area contributed by atoms with Crippen LogP contribution in [0.1, 0.15) is 25.1 Å². The van der Waals surface area contributed by atoms with Gasteiger partial charge in [-0.3, -0.25) is 18.9 Å². The number of esters is 1. The lowest BCUT2D eigenvalue weighted by Gasteiger charge is -2.14. The Labute approximate surface area is 169 Å². The number of aromatic nitrogens is 1. The fourth-order valence-corrected chi connectivity index (χ4v) is 4.02. The fraction of sp³-hybridized carbons (Fsp3) is 0.400. The molecule has 9 heteroatoms. The molecule has 0 radical (unpaired) electrons. The van der Waals surface area contributed by atoms with Crippen molar-refractivity contribution in [3.63, 3.8) is 0 Å². The topological polar surface area (TPSA) is 104 Å². The summed E-state index contributed by atoms with van der Waals surface area (Å²) in [5.74, 6) is 0.289. The lowest BCUT2D eigenvalue weighted by molar-refractivity contribution is -0.145. The van der Waals surface area contributed by atoms with Gasteiger partial charge in [0.15, 0.2) is 0 Å². The van der Waals surface area contributed by atoms with Crippen molar-refractivity contribution in [2.75, 3.05) is 17.9 Å². The van der Waals surface area contributed by atoms with Gasteiger partial charge in [0, 0.05) is 12.1 Å². The van der Waals surface area contributed by atoms with E-state index in [2.05, 4.69) is 4.72 Å². The molecule has 2 aromatic rings. The van der Waals surface area contributed by atoms with Crippen LogP contribution in [0.5, 0.6) is 5.75 Å². The smallest absolute Gasteiger partial charge is 0.326 e. The van der Waals surface area contributed by atoms with Gasteiger partial charge < -0.3 is 9.47 Å². The van der Waals surface area contributed by atoms with Gasteiger partial charge in [-0.2, -0.15) is 0 Å². The predicted molar refractivity (Wildman–Crippen MR) is 108 cm³/mol. The largest absolute Gasteiger partial charge is 0.493 e. The molecule has 0 saturated carbocycles. The first-order valence-corrected chi connectivity index (χ1v) is 10.8. The van der Waals surface area contributed by atoms with E-state index in [-0.39, 0.29) is 29.7 Å². The quantitative estimate of drug-likeness (QED) is 0.688. The van der Waals surface area contributed by atoms with Gasteiger partial charge in [0.05, 0.1) is 18.1 Å². The van der Waals surface area contributed by atoms with Crippen LogP contribution in [0.4, 0.5) is 5.69 Å². The molecule has 0 unspecified atom stereocenters. The molecule has 1 aromatic heterocycles. The van der Waals surface area contributed by atoms with Gasteiger partial charge in [-0.05, 0) is 48.7 Å². The van der Waals surface area contributed by atoms with Crippen LogP contribution in [0.25, 0.3) is 0 Å². The molecule has 156 valence electrons. The summed E-state index contributed by atoms with van der Waals surface area (Å²) in [5, 5.41) is 0. The summed E-state index contributed by atoms with van der Waals surface area (Å²) >= 11 is 0. The van der Waals surface area contributed by atoms with Crippen LogP contribution in [0.2, 0.25) is 0 Å². The van der Waals surface area contributed by atoms with E-state index in [1.807, 2.05) is 13.8 Å². The van der Waals surface area contributed by atoms with E-state index in [1.165, 1.54) is 16.7 Å². The van der Waals surface area contributed by atoms with Crippen LogP contribution in [0.3, 0.4) is 0 Å². The standard InChI is InChI=1S/C20H24N2O6S/c1-13(2)12-28-19(23)11-22-14(3)4-6-17(20(22)24)21-29(25,26)16-5-7-18-15(10-16)8-9-27-18/h4-7,10,13,21H,8-9,11-12H2,1-3H3. The van der Waals surface area contributed by atoms with Crippen LogP contribution < -0.4 is 15.0 Å². The number of nitrogens with zero attached hydrogens (tertiary/aromatic N) is 1. The second-order valence-corrected chi connectivity index (χ2v) is 9.01. The van der Waals surface area contributed by atoms with Crippen LogP contribution in [0, 0.1) is 12.8 Å². The summed E-state index contributed by atoms with van der Waals surface area (Å²) in [4.78, 5) is 24.8. The molecule has 1 aliphatic rings. The van der Waals surface area contributed by atoms with Crippen molar-refractivity contribution in [1.82, 2.24) is 4.57 Å². The second kappa shape index (κ2) is 8.28. The Bertz CT molecular complexity index is 1090. The maximum Gasteiger partial charge on any atom is 0.326 e. The maximum absolute atomic E-state index is 12.8. The molecule has 0 atom stereocenters. The van der Waals surface area contributed by atoms with Gasteiger partial charge in [-0.15, -0.1) is 0 Å². The van der Waals surface area contributed by atoms with Crippen LogP contribution in [-0.4, -0.2) is 32.2 Å². The average Bonchev–Trinajstić information content (AvgIpc) is 3.13. The molecular weight excluding hydrogens is 396 g/mol. The molecule has 1 aromatic carbocycles. The van der Waals surface area contributed by atoms with E-state index in [0.29, 0.717) is 24.5 Å². The zero-order valence-corrected chi connectivity index (χ0v) is 17.4. The number of aryl methyl sites for hydroxylation is 1. The van der Waals surface area contributed by atoms with Crippen molar-refractivity contribution in [3.05, 3.63) is 51.9 Å². The first kappa shape index (κ1) is 20.9.